The molecule has 0 aliphatic carbocycles. The number of anilines is 1. The van der Waals surface area contributed by atoms with Gasteiger partial charge in [-0.15, -0.1) is 13.2 Å². The summed E-state index contributed by atoms with van der Waals surface area (Å²) in [5.74, 6) is 0.800. The van der Waals surface area contributed by atoms with Gasteiger partial charge in [0.15, 0.2) is 5.69 Å². The Morgan fingerprint density at radius 1 is 1.10 bits per heavy atom. The van der Waals surface area contributed by atoms with Gasteiger partial charge in [0.05, 0.1) is 18.8 Å². The largest absolute Gasteiger partial charge is 0.573 e. The van der Waals surface area contributed by atoms with E-state index in [0.29, 0.717) is 24.3 Å². The van der Waals surface area contributed by atoms with Gasteiger partial charge < -0.3 is 14.2 Å². The first-order chi connectivity index (χ1) is 19.2. The minimum absolute atomic E-state index is 0.187. The van der Waals surface area contributed by atoms with Crippen molar-refractivity contribution < 1.29 is 22.4 Å². The minimum Gasteiger partial charge on any atom is -0.406 e. The summed E-state index contributed by atoms with van der Waals surface area (Å²) in [5.41, 5.74) is 3.69. The van der Waals surface area contributed by atoms with E-state index in [-0.39, 0.29) is 17.5 Å². The molecule has 5 rings (SSSR count). The zero-order valence-corrected chi connectivity index (χ0v) is 21.7. The Morgan fingerprint density at radius 2 is 1.90 bits per heavy atom. The maximum absolute atomic E-state index is 12.4. The van der Waals surface area contributed by atoms with Gasteiger partial charge in [0.2, 0.25) is 5.82 Å². The smallest absolute Gasteiger partial charge is 0.406 e. The van der Waals surface area contributed by atoms with Crippen molar-refractivity contribution in [1.82, 2.24) is 34.7 Å². The van der Waals surface area contributed by atoms with Crippen LogP contribution in [0.2, 0.25) is 0 Å². The second-order valence-electron chi connectivity index (χ2n) is 8.82. The van der Waals surface area contributed by atoms with E-state index in [9.17, 15) is 13.2 Å². The molecule has 5 aromatic rings. The van der Waals surface area contributed by atoms with Crippen molar-refractivity contribution in [2.75, 3.05) is 4.90 Å². The lowest BCUT2D eigenvalue weighted by Crippen LogP contribution is -2.17. The molecule has 1 aromatic carbocycles. The van der Waals surface area contributed by atoms with Crippen LogP contribution in [0.5, 0.6) is 5.75 Å². The number of hydrogen-bond donors (Lipinski definition) is 0. The summed E-state index contributed by atoms with van der Waals surface area (Å²) in [4.78, 5) is 10.8. The van der Waals surface area contributed by atoms with E-state index in [1.165, 1.54) is 24.3 Å². The third kappa shape index (κ3) is 6.20. The molecule has 0 saturated carbocycles. The summed E-state index contributed by atoms with van der Waals surface area (Å²) >= 11 is 0. The third-order valence-electron chi connectivity index (χ3n) is 5.98. The van der Waals surface area contributed by atoms with E-state index in [2.05, 4.69) is 36.6 Å². The van der Waals surface area contributed by atoms with Crippen molar-refractivity contribution in [3.63, 3.8) is 0 Å². The molecule has 40 heavy (non-hydrogen) atoms. The molecular weight excluding hydrogens is 525 g/mol. The highest BCUT2D eigenvalue weighted by molar-refractivity contribution is 5.59. The summed E-state index contributed by atoms with van der Waals surface area (Å²) in [5, 5.41) is 13.1. The van der Waals surface area contributed by atoms with Crippen LogP contribution < -0.4 is 9.64 Å². The zero-order valence-electron chi connectivity index (χ0n) is 21.7. The van der Waals surface area contributed by atoms with Gasteiger partial charge in [-0.3, -0.25) is 9.36 Å². The second-order valence-corrected chi connectivity index (χ2v) is 8.82. The van der Waals surface area contributed by atoms with Crippen LogP contribution in [0.1, 0.15) is 23.9 Å². The van der Waals surface area contributed by atoms with Crippen LogP contribution >= 0.6 is 0 Å². The van der Waals surface area contributed by atoms with Crippen LogP contribution in [0.15, 0.2) is 78.2 Å². The third-order valence-corrected chi connectivity index (χ3v) is 5.98. The molecule has 10 nitrogen and oxygen atoms in total. The molecule has 0 spiro atoms. The average Bonchev–Trinajstić information content (AvgIpc) is 3.67. The number of pyridine rings is 1. The van der Waals surface area contributed by atoms with E-state index >= 15 is 0 Å². The molecule has 0 N–H and O–H groups in total. The molecular formula is C27H25F3N8O2. The highest BCUT2D eigenvalue weighted by Crippen LogP contribution is 2.27. The number of halogens is 3. The summed E-state index contributed by atoms with van der Waals surface area (Å²) in [6.07, 6.45) is 0.632. The number of rotatable bonds is 10. The molecule has 206 valence electrons. The Kier molecular flexibility index (Phi) is 7.36. The molecule has 0 aliphatic rings. The quantitative estimate of drug-likeness (QED) is 0.221. The van der Waals surface area contributed by atoms with Gasteiger partial charge in [-0.05, 0) is 74.1 Å². The van der Waals surface area contributed by atoms with Gasteiger partial charge in [-0.2, -0.15) is 15.2 Å². The van der Waals surface area contributed by atoms with E-state index in [1.54, 1.807) is 12.4 Å². The van der Waals surface area contributed by atoms with Crippen LogP contribution in [-0.2, 0) is 19.6 Å². The van der Waals surface area contributed by atoms with Gasteiger partial charge in [0.25, 0.3) is 5.89 Å². The van der Waals surface area contributed by atoms with E-state index in [0.717, 1.165) is 29.3 Å². The maximum atomic E-state index is 12.4. The van der Waals surface area contributed by atoms with Gasteiger partial charge in [0, 0.05) is 30.2 Å². The Bertz CT molecular complexity index is 1600. The lowest BCUT2D eigenvalue weighted by Gasteiger charge is -2.18. The topological polar surface area (TPSA) is 99.9 Å². The Balaban J connectivity index is 1.29. The van der Waals surface area contributed by atoms with E-state index < -0.39 is 6.36 Å². The first-order valence-corrected chi connectivity index (χ1v) is 12.3. The van der Waals surface area contributed by atoms with Gasteiger partial charge in [-0.25, -0.2) is 4.98 Å². The van der Waals surface area contributed by atoms with Crippen molar-refractivity contribution in [3.05, 3.63) is 90.7 Å². The predicted molar refractivity (Wildman–Crippen MR) is 140 cm³/mol. The van der Waals surface area contributed by atoms with Gasteiger partial charge >= 0.3 is 6.36 Å². The Morgan fingerprint density at radius 3 is 2.60 bits per heavy atom. The SMILES string of the molecule is C=CN(Cc1ccn(CC)n1)c1cc(Cn2nc(-c3nc(-c4ccc(OC(F)(F)F)cc4)no3)cc2C)ccn1. The van der Waals surface area contributed by atoms with Crippen molar-refractivity contribution >= 4 is 5.82 Å². The Hall–Kier alpha value is -4.94. The fourth-order valence-corrected chi connectivity index (χ4v) is 3.99. The number of ether oxygens (including phenoxy) is 1. The monoisotopic (exact) mass is 550 g/mol. The van der Waals surface area contributed by atoms with E-state index in [4.69, 9.17) is 4.52 Å². The molecule has 0 radical (unpaired) electrons. The van der Waals surface area contributed by atoms with Crippen LogP contribution in [0, 0.1) is 6.92 Å². The Labute approximate surface area is 227 Å². The number of nitrogens with zero attached hydrogens (tertiary/aromatic N) is 8. The maximum Gasteiger partial charge on any atom is 0.573 e. The molecule has 0 fully saturated rings. The lowest BCUT2D eigenvalue weighted by atomic mass is 10.2. The van der Waals surface area contributed by atoms with Crippen LogP contribution in [0.3, 0.4) is 0 Å². The van der Waals surface area contributed by atoms with E-state index in [1.807, 2.05) is 58.6 Å². The first kappa shape index (κ1) is 26.7. The molecule has 0 atom stereocenters. The number of aromatic nitrogens is 7. The fraction of sp³-hybridized carbons (Fsp3) is 0.222. The number of alkyl halides is 3. The molecule has 4 heterocycles. The molecule has 0 saturated heterocycles. The van der Waals surface area contributed by atoms with Crippen LogP contribution in [-0.4, -0.2) is 41.0 Å². The minimum atomic E-state index is -4.76. The van der Waals surface area contributed by atoms with Gasteiger partial charge in [0.1, 0.15) is 11.6 Å². The van der Waals surface area contributed by atoms with Crippen molar-refractivity contribution in [2.24, 2.45) is 0 Å². The molecule has 13 heteroatoms. The second kappa shape index (κ2) is 11.0. The lowest BCUT2D eigenvalue weighted by molar-refractivity contribution is -0.274. The summed E-state index contributed by atoms with van der Waals surface area (Å²) in [7, 11) is 0. The zero-order chi connectivity index (χ0) is 28.3. The van der Waals surface area contributed by atoms with Gasteiger partial charge in [-0.1, -0.05) is 11.7 Å². The predicted octanol–water partition coefficient (Wildman–Crippen LogP) is 5.62. The highest BCUT2D eigenvalue weighted by Gasteiger charge is 2.31. The standard InChI is InChI=1S/C27H25F3N8O2/c1-4-36(17-21-11-13-37(5-2)33-21)24-15-19(10-12-31-24)16-38-18(3)14-23(34-38)26-32-25(35-40-26)20-6-8-22(9-7-20)39-27(28,29)30/h4,6-15H,1,5,16-17H2,2-3H3. The molecule has 4 aromatic heterocycles. The molecule has 0 aliphatic heterocycles. The number of aryl methyl sites for hydroxylation is 2. The molecule has 0 unspecified atom stereocenters. The first-order valence-electron chi connectivity index (χ1n) is 12.3. The summed E-state index contributed by atoms with van der Waals surface area (Å²) < 4.78 is 50.2. The molecule has 0 amide bonds. The van der Waals surface area contributed by atoms with Crippen molar-refractivity contribution in [2.45, 2.75) is 39.8 Å². The normalized spacial score (nSPS) is 11.5. The van der Waals surface area contributed by atoms with Crippen molar-refractivity contribution in [3.8, 4) is 28.7 Å². The number of hydrogen-bond acceptors (Lipinski definition) is 8. The molecule has 0 bridgehead atoms. The van der Waals surface area contributed by atoms with Crippen molar-refractivity contribution in [1.29, 1.82) is 0 Å². The average molecular weight is 551 g/mol. The fourth-order valence-electron chi connectivity index (χ4n) is 3.99. The summed E-state index contributed by atoms with van der Waals surface area (Å²) in [6, 6.07) is 12.9. The number of benzene rings is 1. The van der Waals surface area contributed by atoms with Crippen LogP contribution in [0.25, 0.3) is 23.0 Å². The van der Waals surface area contributed by atoms with Crippen LogP contribution in [0.4, 0.5) is 19.0 Å². The highest BCUT2D eigenvalue weighted by atomic mass is 19.4. The summed E-state index contributed by atoms with van der Waals surface area (Å²) in [6.45, 7) is 9.68.